The van der Waals surface area contributed by atoms with Crippen molar-refractivity contribution >= 4 is 5.97 Å². The summed E-state index contributed by atoms with van der Waals surface area (Å²) < 4.78 is 15.5. The van der Waals surface area contributed by atoms with Crippen molar-refractivity contribution in [2.24, 2.45) is 0 Å². The Morgan fingerprint density at radius 3 is 2.67 bits per heavy atom. The lowest BCUT2D eigenvalue weighted by molar-refractivity contribution is 0.0540. The van der Waals surface area contributed by atoms with E-state index in [1.165, 1.54) is 0 Å². The molecule has 1 aliphatic rings. The van der Waals surface area contributed by atoms with E-state index in [-0.39, 0.29) is 18.7 Å². The van der Waals surface area contributed by atoms with Crippen LogP contribution in [0.4, 0.5) is 0 Å². The van der Waals surface area contributed by atoms with Crippen molar-refractivity contribution in [2.45, 2.75) is 13.0 Å². The summed E-state index contributed by atoms with van der Waals surface area (Å²) in [5, 5.41) is 0. The van der Waals surface area contributed by atoms with E-state index >= 15 is 0 Å². The van der Waals surface area contributed by atoms with Crippen molar-refractivity contribution in [1.29, 1.82) is 0 Å². The quantitative estimate of drug-likeness (QED) is 0.440. The van der Waals surface area contributed by atoms with Crippen LogP contribution in [0.15, 0.2) is 36.4 Å². The first-order valence-electron chi connectivity index (χ1n) is 5.81. The van der Waals surface area contributed by atoms with Gasteiger partial charge < -0.3 is 14.2 Å². The standard InChI is InChI=1S/C14H16O4/c1-10(2)7-18-14(15)11-3-5-12(6-4-11)16-8-13-9-17-13/h3-6,13H,1,7-9H2,2H3. The Labute approximate surface area is 106 Å². The van der Waals surface area contributed by atoms with Crippen molar-refractivity contribution < 1.29 is 19.0 Å². The second-order valence-electron chi connectivity index (χ2n) is 4.32. The summed E-state index contributed by atoms with van der Waals surface area (Å²) in [4.78, 5) is 11.6. The van der Waals surface area contributed by atoms with Crippen molar-refractivity contribution in [3.8, 4) is 5.75 Å². The molecular formula is C14H16O4. The van der Waals surface area contributed by atoms with Gasteiger partial charge in [0.1, 0.15) is 25.1 Å². The molecule has 1 unspecified atom stereocenters. The van der Waals surface area contributed by atoms with Crippen molar-refractivity contribution in [2.75, 3.05) is 19.8 Å². The van der Waals surface area contributed by atoms with E-state index < -0.39 is 0 Å². The molecule has 0 saturated carbocycles. The van der Waals surface area contributed by atoms with Gasteiger partial charge in [0.15, 0.2) is 0 Å². The van der Waals surface area contributed by atoms with E-state index in [0.29, 0.717) is 12.2 Å². The average molecular weight is 248 g/mol. The Morgan fingerprint density at radius 2 is 2.11 bits per heavy atom. The molecule has 1 heterocycles. The van der Waals surface area contributed by atoms with E-state index in [9.17, 15) is 4.79 Å². The van der Waals surface area contributed by atoms with Crippen LogP contribution in [0, 0.1) is 0 Å². The van der Waals surface area contributed by atoms with Crippen molar-refractivity contribution in [1.82, 2.24) is 0 Å². The molecule has 1 aromatic rings. The van der Waals surface area contributed by atoms with Crippen LogP contribution in [-0.2, 0) is 9.47 Å². The highest BCUT2D eigenvalue weighted by atomic mass is 16.6. The van der Waals surface area contributed by atoms with E-state index in [1.54, 1.807) is 24.3 Å². The highest BCUT2D eigenvalue weighted by Crippen LogP contribution is 2.16. The van der Waals surface area contributed by atoms with E-state index in [2.05, 4.69) is 6.58 Å². The number of hydrogen-bond donors (Lipinski definition) is 0. The zero-order chi connectivity index (χ0) is 13.0. The summed E-state index contributed by atoms with van der Waals surface area (Å²) in [5.74, 6) is 0.372. The first kappa shape index (κ1) is 12.6. The van der Waals surface area contributed by atoms with Crippen LogP contribution < -0.4 is 4.74 Å². The lowest BCUT2D eigenvalue weighted by atomic mass is 10.2. The van der Waals surface area contributed by atoms with Gasteiger partial charge in [-0.3, -0.25) is 0 Å². The predicted molar refractivity (Wildman–Crippen MR) is 66.8 cm³/mol. The molecule has 1 aromatic carbocycles. The number of ether oxygens (including phenoxy) is 3. The van der Waals surface area contributed by atoms with Gasteiger partial charge in [0, 0.05) is 0 Å². The number of esters is 1. The largest absolute Gasteiger partial charge is 0.491 e. The van der Waals surface area contributed by atoms with Crippen LogP contribution in [0.5, 0.6) is 5.75 Å². The number of carbonyl (C=O) groups is 1. The maximum Gasteiger partial charge on any atom is 0.338 e. The molecule has 4 heteroatoms. The Kier molecular flexibility index (Phi) is 3.99. The van der Waals surface area contributed by atoms with Gasteiger partial charge in [-0.15, -0.1) is 0 Å². The number of benzene rings is 1. The topological polar surface area (TPSA) is 48.1 Å². The summed E-state index contributed by atoms with van der Waals surface area (Å²) in [5.41, 5.74) is 1.32. The van der Waals surface area contributed by atoms with Crippen molar-refractivity contribution in [3.05, 3.63) is 42.0 Å². The maximum absolute atomic E-state index is 11.6. The minimum Gasteiger partial charge on any atom is -0.491 e. The predicted octanol–water partition coefficient (Wildman–Crippen LogP) is 2.20. The summed E-state index contributed by atoms with van der Waals surface area (Å²) in [6.45, 7) is 7.05. The highest BCUT2D eigenvalue weighted by Gasteiger charge is 2.23. The monoisotopic (exact) mass is 248 g/mol. The number of rotatable bonds is 6. The van der Waals surface area contributed by atoms with Gasteiger partial charge in [0.05, 0.1) is 12.2 Å². The van der Waals surface area contributed by atoms with Gasteiger partial charge in [-0.25, -0.2) is 4.79 Å². The molecule has 18 heavy (non-hydrogen) atoms. The van der Waals surface area contributed by atoms with Crippen LogP contribution in [0.25, 0.3) is 0 Å². The first-order valence-corrected chi connectivity index (χ1v) is 5.81. The van der Waals surface area contributed by atoms with Crippen molar-refractivity contribution in [3.63, 3.8) is 0 Å². The van der Waals surface area contributed by atoms with E-state index in [1.807, 2.05) is 6.92 Å². The minimum atomic E-state index is -0.352. The highest BCUT2D eigenvalue weighted by molar-refractivity contribution is 5.89. The molecule has 0 N–H and O–H groups in total. The molecule has 0 amide bonds. The van der Waals surface area contributed by atoms with Gasteiger partial charge in [-0.1, -0.05) is 6.58 Å². The minimum absolute atomic E-state index is 0.227. The molecule has 0 radical (unpaired) electrons. The molecule has 4 nitrogen and oxygen atoms in total. The van der Waals surface area contributed by atoms with Crippen LogP contribution >= 0.6 is 0 Å². The third-order valence-corrected chi connectivity index (χ3v) is 2.38. The number of epoxide rings is 1. The number of hydrogen-bond acceptors (Lipinski definition) is 4. The summed E-state index contributed by atoms with van der Waals surface area (Å²) in [7, 11) is 0. The van der Waals surface area contributed by atoms with Crippen LogP contribution in [0.2, 0.25) is 0 Å². The Hall–Kier alpha value is -1.81. The third kappa shape index (κ3) is 3.89. The molecule has 1 saturated heterocycles. The average Bonchev–Trinajstić information content (AvgIpc) is 3.18. The van der Waals surface area contributed by atoms with E-state index in [4.69, 9.17) is 14.2 Å². The molecule has 1 fully saturated rings. The summed E-state index contributed by atoms with van der Waals surface area (Å²) in [6, 6.07) is 6.87. The summed E-state index contributed by atoms with van der Waals surface area (Å²) in [6.07, 6.45) is 0.227. The fourth-order valence-corrected chi connectivity index (χ4v) is 1.31. The molecule has 0 bridgehead atoms. The zero-order valence-electron chi connectivity index (χ0n) is 10.3. The fourth-order valence-electron chi connectivity index (χ4n) is 1.31. The van der Waals surface area contributed by atoms with Crippen LogP contribution in [-0.4, -0.2) is 31.9 Å². The van der Waals surface area contributed by atoms with Gasteiger partial charge in [0.25, 0.3) is 0 Å². The van der Waals surface area contributed by atoms with Gasteiger partial charge >= 0.3 is 5.97 Å². The zero-order valence-corrected chi connectivity index (χ0v) is 10.3. The van der Waals surface area contributed by atoms with Crippen LogP contribution in [0.1, 0.15) is 17.3 Å². The number of carbonyl (C=O) groups excluding carboxylic acids is 1. The SMILES string of the molecule is C=C(C)COC(=O)c1ccc(OCC2CO2)cc1. The molecule has 1 atom stereocenters. The maximum atomic E-state index is 11.6. The fraction of sp³-hybridized carbons (Fsp3) is 0.357. The molecule has 0 spiro atoms. The van der Waals surface area contributed by atoms with Gasteiger partial charge in [-0.2, -0.15) is 0 Å². The summed E-state index contributed by atoms with van der Waals surface area (Å²) >= 11 is 0. The van der Waals surface area contributed by atoms with Gasteiger partial charge in [0.2, 0.25) is 0 Å². The molecule has 1 aliphatic heterocycles. The Balaban J connectivity index is 1.85. The lowest BCUT2D eigenvalue weighted by Gasteiger charge is -2.06. The van der Waals surface area contributed by atoms with E-state index in [0.717, 1.165) is 17.9 Å². The first-order chi connectivity index (χ1) is 8.65. The smallest absolute Gasteiger partial charge is 0.338 e. The molecule has 96 valence electrons. The molecule has 0 aliphatic carbocycles. The van der Waals surface area contributed by atoms with Gasteiger partial charge in [-0.05, 0) is 36.8 Å². The Morgan fingerprint density at radius 1 is 1.44 bits per heavy atom. The molecule has 2 rings (SSSR count). The normalized spacial score (nSPS) is 17.1. The van der Waals surface area contributed by atoms with Crippen LogP contribution in [0.3, 0.4) is 0 Å². The molecular weight excluding hydrogens is 232 g/mol. The molecule has 0 aromatic heterocycles. The second kappa shape index (κ2) is 5.69. The Bertz CT molecular complexity index is 432. The third-order valence-electron chi connectivity index (χ3n) is 2.38. The lowest BCUT2D eigenvalue weighted by Crippen LogP contribution is -2.07. The second-order valence-corrected chi connectivity index (χ2v) is 4.32.